The van der Waals surface area contributed by atoms with Gasteiger partial charge in [0, 0.05) is 12.1 Å². The Morgan fingerprint density at radius 1 is 1.15 bits per heavy atom. The number of aliphatic hydroxyl groups excluding tert-OH is 1. The quantitative estimate of drug-likeness (QED) is 0.877. The van der Waals surface area contributed by atoms with E-state index in [1.807, 2.05) is 18.2 Å². The molecule has 0 unspecified atom stereocenters. The zero-order chi connectivity index (χ0) is 14.4. The minimum Gasteiger partial charge on any atom is -0.457 e. The molecule has 4 nitrogen and oxygen atoms in total. The summed E-state index contributed by atoms with van der Waals surface area (Å²) in [5.74, 6) is 1.32. The second kappa shape index (κ2) is 6.73. The van der Waals surface area contributed by atoms with Gasteiger partial charge in [0.1, 0.15) is 11.5 Å². The Hall–Kier alpha value is -2.33. The lowest BCUT2D eigenvalue weighted by Gasteiger charge is -2.08. The Morgan fingerprint density at radius 2 is 1.90 bits per heavy atom. The summed E-state index contributed by atoms with van der Waals surface area (Å²) in [7, 11) is 0. The highest BCUT2D eigenvalue weighted by Gasteiger charge is 2.01. The van der Waals surface area contributed by atoms with Crippen LogP contribution in [0.4, 0.5) is 5.69 Å². The van der Waals surface area contributed by atoms with Crippen molar-refractivity contribution in [1.82, 2.24) is 0 Å². The molecule has 2 aromatic carbocycles. The topological polar surface area (TPSA) is 58.6 Å². The third-order valence-corrected chi connectivity index (χ3v) is 2.78. The van der Waals surface area contributed by atoms with Gasteiger partial charge in [-0.2, -0.15) is 0 Å². The minimum atomic E-state index is -0.0192. The molecule has 0 aliphatic heterocycles. The lowest BCUT2D eigenvalue weighted by molar-refractivity contribution is -0.115. The lowest BCUT2D eigenvalue weighted by Crippen LogP contribution is -2.08. The number of benzene rings is 2. The van der Waals surface area contributed by atoms with E-state index in [9.17, 15) is 4.79 Å². The molecule has 0 fully saturated rings. The van der Waals surface area contributed by atoms with Crippen LogP contribution in [0.5, 0.6) is 11.5 Å². The number of amides is 1. The summed E-state index contributed by atoms with van der Waals surface area (Å²) in [6.45, 7) is 1.79. The van der Waals surface area contributed by atoms with E-state index in [-0.39, 0.29) is 12.5 Å². The molecule has 1 amide bonds. The normalized spacial score (nSPS) is 10.1. The number of hydrogen-bond donors (Lipinski definition) is 2. The number of carbonyl (C=O) groups is 1. The zero-order valence-electron chi connectivity index (χ0n) is 11.3. The van der Waals surface area contributed by atoms with Crippen LogP contribution >= 0.6 is 0 Å². The molecule has 0 heterocycles. The molecule has 0 atom stereocenters. The van der Waals surface area contributed by atoms with Gasteiger partial charge in [-0.3, -0.25) is 4.79 Å². The van der Waals surface area contributed by atoms with Crippen molar-refractivity contribution < 1.29 is 14.6 Å². The Morgan fingerprint density at radius 3 is 2.55 bits per heavy atom. The van der Waals surface area contributed by atoms with Gasteiger partial charge in [0.25, 0.3) is 0 Å². The van der Waals surface area contributed by atoms with E-state index in [1.165, 1.54) is 0 Å². The van der Waals surface area contributed by atoms with Crippen LogP contribution in [0.15, 0.2) is 48.5 Å². The van der Waals surface area contributed by atoms with Crippen molar-refractivity contribution >= 4 is 11.6 Å². The molecule has 20 heavy (non-hydrogen) atoms. The fourth-order valence-electron chi connectivity index (χ4n) is 1.70. The highest BCUT2D eigenvalue weighted by atomic mass is 16.5. The van der Waals surface area contributed by atoms with E-state index in [4.69, 9.17) is 9.84 Å². The maximum atomic E-state index is 11.3. The molecule has 0 saturated heterocycles. The molecular weight excluding hydrogens is 254 g/mol. The number of aliphatic hydroxyl groups is 1. The highest BCUT2D eigenvalue weighted by molar-refractivity contribution is 5.90. The summed E-state index contributed by atoms with van der Waals surface area (Å²) in [5.41, 5.74) is 1.54. The number of nitrogens with one attached hydrogen (secondary N) is 1. The van der Waals surface area contributed by atoms with E-state index in [2.05, 4.69) is 5.32 Å². The van der Waals surface area contributed by atoms with Crippen LogP contribution in [0.1, 0.15) is 18.9 Å². The van der Waals surface area contributed by atoms with Crippen molar-refractivity contribution in [2.24, 2.45) is 0 Å². The summed E-state index contributed by atoms with van der Waals surface area (Å²) in [6, 6.07) is 14.4. The first-order valence-corrected chi connectivity index (χ1v) is 6.49. The van der Waals surface area contributed by atoms with Gasteiger partial charge in [0.15, 0.2) is 0 Å². The van der Waals surface area contributed by atoms with Gasteiger partial charge in [-0.1, -0.05) is 19.1 Å². The average molecular weight is 271 g/mol. The Labute approximate surface area is 118 Å². The minimum absolute atomic E-state index is 0.0147. The van der Waals surface area contributed by atoms with Crippen molar-refractivity contribution in [3.63, 3.8) is 0 Å². The molecule has 2 N–H and O–H groups in total. The Kier molecular flexibility index (Phi) is 4.74. The van der Waals surface area contributed by atoms with Crippen LogP contribution in [-0.2, 0) is 11.4 Å². The van der Waals surface area contributed by atoms with Crippen LogP contribution in [0.3, 0.4) is 0 Å². The molecule has 4 heteroatoms. The van der Waals surface area contributed by atoms with Gasteiger partial charge in [0.05, 0.1) is 6.61 Å². The second-order valence-corrected chi connectivity index (χ2v) is 4.33. The summed E-state index contributed by atoms with van der Waals surface area (Å²) in [4.78, 5) is 11.3. The van der Waals surface area contributed by atoms with E-state index < -0.39 is 0 Å². The van der Waals surface area contributed by atoms with Crippen LogP contribution in [0.2, 0.25) is 0 Å². The predicted octanol–water partition coefficient (Wildman–Crippen LogP) is 3.32. The van der Waals surface area contributed by atoms with E-state index in [1.54, 1.807) is 37.3 Å². The highest BCUT2D eigenvalue weighted by Crippen LogP contribution is 2.23. The first-order chi connectivity index (χ1) is 9.71. The van der Waals surface area contributed by atoms with Crippen molar-refractivity contribution in [3.8, 4) is 11.5 Å². The largest absolute Gasteiger partial charge is 0.457 e. The third kappa shape index (κ3) is 3.83. The summed E-state index contributed by atoms with van der Waals surface area (Å²) in [5, 5.41) is 11.8. The molecule has 0 bridgehead atoms. The van der Waals surface area contributed by atoms with Crippen LogP contribution < -0.4 is 10.1 Å². The Balaban J connectivity index is 2.04. The van der Waals surface area contributed by atoms with E-state index in [0.717, 1.165) is 11.3 Å². The van der Waals surface area contributed by atoms with Gasteiger partial charge in [-0.25, -0.2) is 0 Å². The summed E-state index contributed by atoms with van der Waals surface area (Å²) in [6.07, 6.45) is 0.451. The van der Waals surface area contributed by atoms with Gasteiger partial charge in [-0.05, 0) is 42.0 Å². The fraction of sp³-hybridized carbons (Fsp3) is 0.188. The fourth-order valence-corrected chi connectivity index (χ4v) is 1.70. The smallest absolute Gasteiger partial charge is 0.224 e. The van der Waals surface area contributed by atoms with Crippen molar-refractivity contribution in [3.05, 3.63) is 54.1 Å². The van der Waals surface area contributed by atoms with E-state index >= 15 is 0 Å². The number of ether oxygens (including phenoxy) is 1. The first-order valence-electron chi connectivity index (χ1n) is 6.49. The summed E-state index contributed by atoms with van der Waals surface area (Å²) < 4.78 is 5.68. The maximum Gasteiger partial charge on any atom is 0.224 e. The number of rotatable bonds is 5. The van der Waals surface area contributed by atoms with Crippen molar-refractivity contribution in [2.45, 2.75) is 20.0 Å². The standard InChI is InChI=1S/C16H17NO3/c1-2-16(19)17-13-6-8-14(9-7-13)20-15-5-3-4-12(10-15)11-18/h3-10,18H,2,11H2,1H3,(H,17,19). The third-order valence-electron chi connectivity index (χ3n) is 2.78. The molecule has 104 valence electrons. The molecule has 2 aromatic rings. The monoisotopic (exact) mass is 271 g/mol. The van der Waals surface area contributed by atoms with Crippen molar-refractivity contribution in [1.29, 1.82) is 0 Å². The predicted molar refractivity (Wildman–Crippen MR) is 77.8 cm³/mol. The van der Waals surface area contributed by atoms with Crippen LogP contribution in [-0.4, -0.2) is 11.0 Å². The maximum absolute atomic E-state index is 11.3. The van der Waals surface area contributed by atoms with Crippen LogP contribution in [0.25, 0.3) is 0 Å². The molecule has 0 radical (unpaired) electrons. The SMILES string of the molecule is CCC(=O)Nc1ccc(Oc2cccc(CO)c2)cc1. The summed E-state index contributed by atoms with van der Waals surface area (Å²) >= 11 is 0. The van der Waals surface area contributed by atoms with Gasteiger partial charge < -0.3 is 15.2 Å². The molecule has 0 saturated carbocycles. The average Bonchev–Trinajstić information content (AvgIpc) is 2.49. The zero-order valence-corrected chi connectivity index (χ0v) is 11.3. The van der Waals surface area contributed by atoms with E-state index in [0.29, 0.717) is 17.9 Å². The molecule has 0 aliphatic rings. The molecule has 2 rings (SSSR count). The molecule has 0 aliphatic carbocycles. The number of anilines is 1. The lowest BCUT2D eigenvalue weighted by atomic mass is 10.2. The Bertz CT molecular complexity index is 579. The molecule has 0 aromatic heterocycles. The molecule has 0 spiro atoms. The van der Waals surface area contributed by atoms with Crippen LogP contribution in [0, 0.1) is 0 Å². The van der Waals surface area contributed by atoms with Gasteiger partial charge in [-0.15, -0.1) is 0 Å². The van der Waals surface area contributed by atoms with Gasteiger partial charge >= 0.3 is 0 Å². The number of hydrogen-bond acceptors (Lipinski definition) is 3. The van der Waals surface area contributed by atoms with Crippen molar-refractivity contribution in [2.75, 3.05) is 5.32 Å². The number of carbonyl (C=O) groups excluding carboxylic acids is 1. The first kappa shape index (κ1) is 14.1. The molecular formula is C16H17NO3. The second-order valence-electron chi connectivity index (χ2n) is 4.33. The van der Waals surface area contributed by atoms with Gasteiger partial charge in [0.2, 0.25) is 5.91 Å².